The van der Waals surface area contributed by atoms with E-state index in [0.717, 1.165) is 6.42 Å². The minimum Gasteiger partial charge on any atom is -0.480 e. The van der Waals surface area contributed by atoms with E-state index in [1.54, 1.807) is 12.1 Å². The zero-order chi connectivity index (χ0) is 15.4. The quantitative estimate of drug-likeness (QED) is 0.597. The number of esters is 1. The van der Waals surface area contributed by atoms with Gasteiger partial charge in [-0.15, -0.1) is 0 Å². The Bertz CT molecular complexity index is 548. The van der Waals surface area contributed by atoms with E-state index in [1.807, 2.05) is 0 Å². The molecule has 0 aliphatic carbocycles. The van der Waals surface area contributed by atoms with E-state index in [9.17, 15) is 9.59 Å². The van der Waals surface area contributed by atoms with E-state index in [-0.39, 0.29) is 19.1 Å². The fraction of sp³-hybridized carbons (Fsp3) is 0.500. The Morgan fingerprint density at radius 3 is 3.00 bits per heavy atom. The van der Waals surface area contributed by atoms with Gasteiger partial charge in [-0.05, 0) is 40.4 Å². The predicted molar refractivity (Wildman–Crippen MR) is 80.2 cm³/mol. The van der Waals surface area contributed by atoms with Gasteiger partial charge in [-0.3, -0.25) is 14.5 Å². The monoisotopic (exact) mass is 356 g/mol. The predicted octanol–water partition coefficient (Wildman–Crippen LogP) is 2.16. The third kappa shape index (κ3) is 4.17. The Morgan fingerprint density at radius 2 is 2.29 bits per heavy atom. The highest BCUT2D eigenvalue weighted by molar-refractivity contribution is 9.10. The van der Waals surface area contributed by atoms with Crippen LogP contribution in [0, 0.1) is 5.92 Å². The molecule has 0 bridgehead atoms. The van der Waals surface area contributed by atoms with Crippen molar-refractivity contribution in [1.29, 1.82) is 0 Å². The summed E-state index contributed by atoms with van der Waals surface area (Å²) in [6, 6.07) is 3.42. The lowest BCUT2D eigenvalue weighted by Crippen LogP contribution is -2.43. The number of carbonyl (C=O) groups excluding carboxylic acids is 2. The molecule has 0 saturated carbocycles. The summed E-state index contributed by atoms with van der Waals surface area (Å²) in [5.74, 6) is 0.517. The molecule has 0 fully saturated rings. The van der Waals surface area contributed by atoms with Gasteiger partial charge in [-0.1, -0.05) is 13.8 Å². The van der Waals surface area contributed by atoms with Gasteiger partial charge in [-0.2, -0.15) is 0 Å². The van der Waals surface area contributed by atoms with E-state index in [0.29, 0.717) is 28.7 Å². The molecule has 1 aromatic rings. The SMILES string of the molecule is CC(C)CCOC(=O)CN1C(=O)COc2ccc(Br)nc21. The number of nitrogens with zero attached hydrogens (tertiary/aromatic N) is 2. The summed E-state index contributed by atoms with van der Waals surface area (Å²) in [4.78, 5) is 29.2. The Kier molecular flexibility index (Phi) is 5.17. The summed E-state index contributed by atoms with van der Waals surface area (Å²) in [6.07, 6.45) is 0.795. The van der Waals surface area contributed by atoms with Crippen LogP contribution in [0.5, 0.6) is 5.75 Å². The maximum Gasteiger partial charge on any atom is 0.326 e. The smallest absolute Gasteiger partial charge is 0.326 e. The number of fused-ring (bicyclic) bond motifs is 1. The molecule has 1 aliphatic heterocycles. The second kappa shape index (κ2) is 6.89. The molecule has 0 unspecified atom stereocenters. The van der Waals surface area contributed by atoms with Crippen molar-refractivity contribution in [3.63, 3.8) is 0 Å². The van der Waals surface area contributed by atoms with Crippen LogP contribution < -0.4 is 9.64 Å². The van der Waals surface area contributed by atoms with Gasteiger partial charge in [0.15, 0.2) is 18.2 Å². The molecule has 0 N–H and O–H groups in total. The molecule has 1 aliphatic rings. The second-order valence-electron chi connectivity index (χ2n) is 5.13. The Labute approximate surface area is 131 Å². The molecule has 0 radical (unpaired) electrons. The molecule has 21 heavy (non-hydrogen) atoms. The van der Waals surface area contributed by atoms with Crippen LogP contribution in [0.2, 0.25) is 0 Å². The zero-order valence-corrected chi connectivity index (χ0v) is 13.6. The average Bonchev–Trinajstić information content (AvgIpc) is 2.42. The van der Waals surface area contributed by atoms with Crippen LogP contribution in [0.1, 0.15) is 20.3 Å². The standard InChI is InChI=1S/C14H17BrN2O4/c1-9(2)5-6-20-13(19)7-17-12(18)8-21-10-3-4-11(15)16-14(10)17/h3-4,9H,5-8H2,1-2H3. The number of hydrogen-bond acceptors (Lipinski definition) is 5. The molecule has 7 heteroatoms. The van der Waals surface area contributed by atoms with Crippen LogP contribution in [-0.4, -0.2) is 36.6 Å². The highest BCUT2D eigenvalue weighted by Gasteiger charge is 2.29. The third-order valence-electron chi connectivity index (χ3n) is 2.96. The van der Waals surface area contributed by atoms with Gasteiger partial charge in [0.05, 0.1) is 6.61 Å². The van der Waals surface area contributed by atoms with Crippen LogP contribution in [0.4, 0.5) is 5.82 Å². The summed E-state index contributed by atoms with van der Waals surface area (Å²) >= 11 is 3.24. The summed E-state index contributed by atoms with van der Waals surface area (Å²) < 4.78 is 11.0. The first-order valence-electron chi connectivity index (χ1n) is 6.72. The lowest BCUT2D eigenvalue weighted by molar-refractivity contribution is -0.143. The van der Waals surface area contributed by atoms with Crippen molar-refractivity contribution in [1.82, 2.24) is 4.98 Å². The summed E-state index contributed by atoms with van der Waals surface area (Å²) in [5.41, 5.74) is 0. The van der Waals surface area contributed by atoms with Gasteiger partial charge >= 0.3 is 5.97 Å². The number of aromatic nitrogens is 1. The van der Waals surface area contributed by atoms with Crippen LogP contribution in [0.25, 0.3) is 0 Å². The number of amides is 1. The van der Waals surface area contributed by atoms with Gasteiger partial charge in [0.2, 0.25) is 0 Å². The van der Waals surface area contributed by atoms with E-state index in [1.165, 1.54) is 4.90 Å². The van der Waals surface area contributed by atoms with Crippen molar-refractivity contribution in [2.45, 2.75) is 20.3 Å². The molecule has 0 spiro atoms. The molecule has 2 rings (SSSR count). The highest BCUT2D eigenvalue weighted by atomic mass is 79.9. The fourth-order valence-corrected chi connectivity index (χ4v) is 2.10. The van der Waals surface area contributed by atoms with Crippen LogP contribution in [0.15, 0.2) is 16.7 Å². The molecular formula is C14H17BrN2O4. The number of pyridine rings is 1. The minimum atomic E-state index is -0.446. The van der Waals surface area contributed by atoms with Crippen molar-refractivity contribution in [3.05, 3.63) is 16.7 Å². The lowest BCUT2D eigenvalue weighted by atomic mass is 10.1. The van der Waals surface area contributed by atoms with Crippen molar-refractivity contribution in [2.24, 2.45) is 5.92 Å². The molecule has 1 amide bonds. The van der Waals surface area contributed by atoms with Gasteiger partial charge in [-0.25, -0.2) is 4.98 Å². The second-order valence-corrected chi connectivity index (χ2v) is 5.94. The topological polar surface area (TPSA) is 68.7 Å². The Balaban J connectivity index is 2.04. The van der Waals surface area contributed by atoms with E-state index >= 15 is 0 Å². The molecule has 1 aromatic heterocycles. The molecular weight excluding hydrogens is 340 g/mol. The van der Waals surface area contributed by atoms with Crippen LogP contribution in [0.3, 0.4) is 0 Å². The Morgan fingerprint density at radius 1 is 1.52 bits per heavy atom. The molecule has 6 nitrogen and oxygen atoms in total. The zero-order valence-electron chi connectivity index (χ0n) is 12.0. The van der Waals surface area contributed by atoms with E-state index < -0.39 is 5.97 Å². The molecule has 114 valence electrons. The molecule has 0 atom stereocenters. The molecule has 0 saturated heterocycles. The minimum absolute atomic E-state index is 0.102. The van der Waals surface area contributed by atoms with Gasteiger partial charge < -0.3 is 9.47 Å². The van der Waals surface area contributed by atoms with Crippen molar-refractivity contribution in [3.8, 4) is 5.75 Å². The first-order valence-corrected chi connectivity index (χ1v) is 7.52. The third-order valence-corrected chi connectivity index (χ3v) is 3.40. The van der Waals surface area contributed by atoms with Gasteiger partial charge in [0, 0.05) is 0 Å². The number of halogens is 1. The summed E-state index contributed by atoms with van der Waals surface area (Å²) in [7, 11) is 0. The van der Waals surface area contributed by atoms with E-state index in [2.05, 4.69) is 34.8 Å². The number of carbonyl (C=O) groups is 2. The van der Waals surface area contributed by atoms with E-state index in [4.69, 9.17) is 9.47 Å². The molecule has 0 aromatic carbocycles. The number of rotatable bonds is 5. The number of anilines is 1. The highest BCUT2D eigenvalue weighted by Crippen LogP contribution is 2.31. The Hall–Kier alpha value is -1.63. The normalized spacial score (nSPS) is 13.9. The lowest BCUT2D eigenvalue weighted by Gasteiger charge is -2.27. The molecule has 2 heterocycles. The summed E-state index contributed by atoms with van der Waals surface area (Å²) in [6.45, 7) is 4.20. The number of hydrogen-bond donors (Lipinski definition) is 0. The first kappa shape index (κ1) is 15.8. The summed E-state index contributed by atoms with van der Waals surface area (Å²) in [5, 5.41) is 0. The first-order chi connectivity index (χ1) is 9.97. The average molecular weight is 357 g/mol. The van der Waals surface area contributed by atoms with Crippen LogP contribution in [-0.2, 0) is 14.3 Å². The fourth-order valence-electron chi connectivity index (χ4n) is 1.80. The van der Waals surface area contributed by atoms with Crippen molar-refractivity contribution >= 4 is 33.6 Å². The van der Waals surface area contributed by atoms with Crippen molar-refractivity contribution in [2.75, 3.05) is 24.7 Å². The number of ether oxygens (including phenoxy) is 2. The largest absolute Gasteiger partial charge is 0.480 e. The van der Waals surface area contributed by atoms with Crippen LogP contribution >= 0.6 is 15.9 Å². The maximum atomic E-state index is 11.9. The maximum absolute atomic E-state index is 11.9. The van der Waals surface area contributed by atoms with Crippen molar-refractivity contribution < 1.29 is 19.1 Å². The van der Waals surface area contributed by atoms with Gasteiger partial charge in [0.25, 0.3) is 5.91 Å². The van der Waals surface area contributed by atoms with Gasteiger partial charge in [0.1, 0.15) is 11.1 Å².